The summed E-state index contributed by atoms with van der Waals surface area (Å²) >= 11 is 0. The number of hydrogen-bond acceptors (Lipinski definition) is 3. The maximum absolute atomic E-state index is 13.5. The zero-order chi connectivity index (χ0) is 15.4. The smallest absolute Gasteiger partial charge is 0.170 e. The minimum Gasteiger partial charge on any atom is -0.409 e. The van der Waals surface area contributed by atoms with Crippen LogP contribution in [0.1, 0.15) is 16.7 Å². The second kappa shape index (κ2) is 6.21. The third-order valence-electron chi connectivity index (χ3n) is 2.90. The lowest BCUT2D eigenvalue weighted by Gasteiger charge is -2.09. The van der Waals surface area contributed by atoms with Gasteiger partial charge in [0, 0.05) is 17.8 Å². The van der Waals surface area contributed by atoms with E-state index in [2.05, 4.69) is 10.5 Å². The molecule has 0 unspecified atom stereocenters. The van der Waals surface area contributed by atoms with Gasteiger partial charge in [0.25, 0.3) is 0 Å². The van der Waals surface area contributed by atoms with Crippen molar-refractivity contribution in [2.24, 2.45) is 10.9 Å². The zero-order valence-corrected chi connectivity index (χ0v) is 11.4. The maximum atomic E-state index is 13.5. The predicted molar refractivity (Wildman–Crippen MR) is 77.4 cm³/mol. The number of halogens is 2. The van der Waals surface area contributed by atoms with Crippen LogP contribution in [0.2, 0.25) is 0 Å². The van der Waals surface area contributed by atoms with E-state index < -0.39 is 5.82 Å². The number of amidine groups is 1. The van der Waals surface area contributed by atoms with E-state index in [-0.39, 0.29) is 23.8 Å². The Bertz CT molecular complexity index is 666. The third-order valence-corrected chi connectivity index (χ3v) is 2.90. The van der Waals surface area contributed by atoms with Gasteiger partial charge in [-0.3, -0.25) is 0 Å². The highest BCUT2D eigenvalue weighted by molar-refractivity contribution is 5.97. The SMILES string of the molecule is Cc1cc(F)cc(NCc2cc(F)cc(/C(N)=N/O)c2)c1. The van der Waals surface area contributed by atoms with Crippen molar-refractivity contribution in [3.8, 4) is 0 Å². The summed E-state index contributed by atoms with van der Waals surface area (Å²) in [6.45, 7) is 2.07. The van der Waals surface area contributed by atoms with Gasteiger partial charge in [-0.15, -0.1) is 0 Å². The van der Waals surface area contributed by atoms with Crippen molar-refractivity contribution in [2.75, 3.05) is 5.32 Å². The summed E-state index contributed by atoms with van der Waals surface area (Å²) in [5.41, 5.74) is 7.71. The Labute approximate surface area is 120 Å². The van der Waals surface area contributed by atoms with Crippen molar-refractivity contribution in [1.82, 2.24) is 0 Å². The van der Waals surface area contributed by atoms with Crippen LogP contribution in [0, 0.1) is 18.6 Å². The van der Waals surface area contributed by atoms with Gasteiger partial charge < -0.3 is 16.3 Å². The first-order valence-electron chi connectivity index (χ1n) is 6.26. The molecule has 4 nitrogen and oxygen atoms in total. The highest BCUT2D eigenvalue weighted by atomic mass is 19.1. The number of aryl methyl sites for hydroxylation is 1. The molecular weight excluding hydrogens is 276 g/mol. The summed E-state index contributed by atoms with van der Waals surface area (Å²) < 4.78 is 26.8. The van der Waals surface area contributed by atoms with Crippen molar-refractivity contribution >= 4 is 11.5 Å². The van der Waals surface area contributed by atoms with E-state index in [1.807, 2.05) is 0 Å². The van der Waals surface area contributed by atoms with Gasteiger partial charge in [-0.1, -0.05) is 5.16 Å². The van der Waals surface area contributed by atoms with Crippen LogP contribution in [0.4, 0.5) is 14.5 Å². The van der Waals surface area contributed by atoms with Crippen molar-refractivity contribution < 1.29 is 14.0 Å². The standard InChI is InChI=1S/C15H15F2N3O/c1-9-2-12(16)7-14(3-9)19-8-10-4-11(15(18)20-21)6-13(17)5-10/h2-7,19,21H,8H2,1H3,(H2,18,20). The molecule has 0 amide bonds. The fourth-order valence-electron chi connectivity index (χ4n) is 2.00. The average molecular weight is 291 g/mol. The van der Waals surface area contributed by atoms with Crippen molar-refractivity contribution in [3.63, 3.8) is 0 Å². The van der Waals surface area contributed by atoms with Gasteiger partial charge in [-0.05, 0) is 54.4 Å². The number of rotatable bonds is 4. The number of nitrogens with one attached hydrogen (secondary N) is 1. The van der Waals surface area contributed by atoms with Crippen LogP contribution < -0.4 is 11.1 Å². The Hall–Kier alpha value is -2.63. The number of nitrogens with two attached hydrogens (primary N) is 1. The van der Waals surface area contributed by atoms with E-state index in [0.717, 1.165) is 5.56 Å². The number of nitrogens with zero attached hydrogens (tertiary/aromatic N) is 1. The van der Waals surface area contributed by atoms with Gasteiger partial charge in [0.15, 0.2) is 5.84 Å². The van der Waals surface area contributed by atoms with Crippen molar-refractivity contribution in [2.45, 2.75) is 13.5 Å². The topological polar surface area (TPSA) is 70.6 Å². The molecule has 21 heavy (non-hydrogen) atoms. The molecule has 0 atom stereocenters. The first kappa shape index (κ1) is 14.8. The van der Waals surface area contributed by atoms with Gasteiger partial charge >= 0.3 is 0 Å². The van der Waals surface area contributed by atoms with Crippen LogP contribution in [0.5, 0.6) is 0 Å². The summed E-state index contributed by atoms with van der Waals surface area (Å²) in [5, 5.41) is 14.5. The minimum atomic E-state index is -0.494. The van der Waals surface area contributed by atoms with Crippen LogP contribution in [-0.4, -0.2) is 11.0 Å². The Kier molecular flexibility index (Phi) is 4.37. The second-order valence-corrected chi connectivity index (χ2v) is 4.70. The quantitative estimate of drug-likeness (QED) is 0.351. The lowest BCUT2D eigenvalue weighted by Crippen LogP contribution is -2.14. The Morgan fingerprint density at radius 2 is 1.86 bits per heavy atom. The molecule has 0 fully saturated rings. The summed E-state index contributed by atoms with van der Waals surface area (Å²) in [4.78, 5) is 0. The highest BCUT2D eigenvalue weighted by Crippen LogP contribution is 2.16. The molecule has 0 heterocycles. The van der Waals surface area contributed by atoms with Gasteiger partial charge in [0.1, 0.15) is 11.6 Å². The number of anilines is 1. The molecule has 0 aromatic heterocycles. The molecule has 2 rings (SSSR count). The van der Waals surface area contributed by atoms with E-state index in [1.54, 1.807) is 19.1 Å². The van der Waals surface area contributed by atoms with Crippen LogP contribution >= 0.6 is 0 Å². The van der Waals surface area contributed by atoms with Gasteiger partial charge in [0.2, 0.25) is 0 Å². The Morgan fingerprint density at radius 3 is 2.52 bits per heavy atom. The molecule has 4 N–H and O–H groups in total. The average Bonchev–Trinajstić information content (AvgIpc) is 2.42. The molecule has 2 aromatic carbocycles. The second-order valence-electron chi connectivity index (χ2n) is 4.70. The predicted octanol–water partition coefficient (Wildman–Crippen LogP) is 2.98. The van der Waals surface area contributed by atoms with Crippen molar-refractivity contribution in [3.05, 3.63) is 64.7 Å². The molecule has 2 aromatic rings. The molecule has 0 aliphatic carbocycles. The summed E-state index contributed by atoms with van der Waals surface area (Å²) in [6, 6.07) is 8.66. The number of benzene rings is 2. The van der Waals surface area contributed by atoms with Gasteiger partial charge in [-0.25, -0.2) is 8.78 Å². The summed E-state index contributed by atoms with van der Waals surface area (Å²) in [7, 11) is 0. The fraction of sp³-hybridized carbons (Fsp3) is 0.133. The Morgan fingerprint density at radius 1 is 1.14 bits per heavy atom. The van der Waals surface area contributed by atoms with E-state index in [4.69, 9.17) is 10.9 Å². The van der Waals surface area contributed by atoms with Gasteiger partial charge in [-0.2, -0.15) is 0 Å². The van der Waals surface area contributed by atoms with Crippen LogP contribution in [0.25, 0.3) is 0 Å². The Balaban J connectivity index is 2.18. The zero-order valence-electron chi connectivity index (χ0n) is 11.4. The van der Waals surface area contributed by atoms with Crippen molar-refractivity contribution in [1.29, 1.82) is 0 Å². The minimum absolute atomic E-state index is 0.169. The molecule has 0 saturated carbocycles. The van der Waals surface area contributed by atoms with E-state index in [1.165, 1.54) is 24.3 Å². The molecule has 6 heteroatoms. The van der Waals surface area contributed by atoms with Crippen LogP contribution in [0.15, 0.2) is 41.6 Å². The maximum Gasteiger partial charge on any atom is 0.170 e. The molecular formula is C15H15F2N3O. The first-order chi connectivity index (χ1) is 9.97. The summed E-state index contributed by atoms with van der Waals surface area (Å²) in [5.74, 6) is -1.00. The first-order valence-corrected chi connectivity index (χ1v) is 6.26. The molecule has 0 saturated heterocycles. The number of oxime groups is 1. The molecule has 0 aliphatic heterocycles. The van der Waals surface area contributed by atoms with E-state index in [9.17, 15) is 8.78 Å². The molecule has 0 spiro atoms. The molecule has 0 aliphatic rings. The molecule has 0 radical (unpaired) electrons. The largest absolute Gasteiger partial charge is 0.409 e. The normalized spacial score (nSPS) is 11.5. The molecule has 0 bridgehead atoms. The monoisotopic (exact) mass is 291 g/mol. The van der Waals surface area contributed by atoms with Gasteiger partial charge in [0.05, 0.1) is 0 Å². The van der Waals surface area contributed by atoms with E-state index >= 15 is 0 Å². The van der Waals surface area contributed by atoms with Crippen LogP contribution in [0.3, 0.4) is 0 Å². The fourth-order valence-corrected chi connectivity index (χ4v) is 2.00. The number of hydrogen-bond donors (Lipinski definition) is 3. The molecule has 110 valence electrons. The van der Waals surface area contributed by atoms with Crippen LogP contribution in [-0.2, 0) is 6.54 Å². The summed E-state index contributed by atoms with van der Waals surface area (Å²) in [6.07, 6.45) is 0. The van der Waals surface area contributed by atoms with E-state index in [0.29, 0.717) is 11.3 Å². The highest BCUT2D eigenvalue weighted by Gasteiger charge is 2.05. The lowest BCUT2D eigenvalue weighted by atomic mass is 10.1. The lowest BCUT2D eigenvalue weighted by molar-refractivity contribution is 0.318. The third kappa shape index (κ3) is 3.92.